The standard InChI is InChI=1S/C23H23N7O2S/c1-16(17-5-9-20(10-6-17)30-15-24-14-26-30)27-22(32)18-3-7-19(8-4-18)28-21(31)13-33-23-25-11-12-29(23)2/h3-12,14-16H,13H2,1-2H3,(H,27,32)(H,28,31)/t16-/m0/s1. The number of nitrogens with zero attached hydrogens (tertiary/aromatic N) is 5. The average molecular weight is 462 g/mol. The first kappa shape index (κ1) is 22.3. The predicted molar refractivity (Wildman–Crippen MR) is 126 cm³/mol. The minimum Gasteiger partial charge on any atom is -0.346 e. The predicted octanol–water partition coefficient (Wildman–Crippen LogP) is 3.22. The molecule has 0 aliphatic rings. The number of carbonyl (C=O) groups is 2. The van der Waals surface area contributed by atoms with Gasteiger partial charge in [0.25, 0.3) is 5.91 Å². The highest BCUT2D eigenvalue weighted by Crippen LogP contribution is 2.18. The molecule has 0 radical (unpaired) electrons. The van der Waals surface area contributed by atoms with Gasteiger partial charge >= 0.3 is 0 Å². The molecule has 1 atom stereocenters. The topological polar surface area (TPSA) is 107 Å². The minimum atomic E-state index is -0.189. The number of amides is 2. The number of aryl methyl sites for hydroxylation is 1. The summed E-state index contributed by atoms with van der Waals surface area (Å²) < 4.78 is 3.53. The number of rotatable bonds is 8. The van der Waals surface area contributed by atoms with Crippen LogP contribution in [0.2, 0.25) is 0 Å². The van der Waals surface area contributed by atoms with Crippen molar-refractivity contribution in [1.29, 1.82) is 0 Å². The fourth-order valence-electron chi connectivity index (χ4n) is 3.14. The molecule has 0 fully saturated rings. The molecule has 0 saturated carbocycles. The Morgan fingerprint density at radius 1 is 1.09 bits per heavy atom. The van der Waals surface area contributed by atoms with Crippen molar-refractivity contribution in [2.75, 3.05) is 11.1 Å². The molecule has 4 aromatic rings. The normalized spacial score (nSPS) is 11.7. The van der Waals surface area contributed by atoms with Gasteiger partial charge in [-0.25, -0.2) is 14.6 Å². The zero-order chi connectivity index (χ0) is 23.2. The second kappa shape index (κ2) is 10.1. The van der Waals surface area contributed by atoms with Crippen molar-refractivity contribution in [1.82, 2.24) is 29.6 Å². The summed E-state index contributed by atoms with van der Waals surface area (Å²) in [6, 6.07) is 14.4. The summed E-state index contributed by atoms with van der Waals surface area (Å²) >= 11 is 1.36. The molecule has 2 heterocycles. The van der Waals surface area contributed by atoms with Gasteiger partial charge in [-0.3, -0.25) is 9.59 Å². The SMILES string of the molecule is C[C@H](NC(=O)c1ccc(NC(=O)CSc2nccn2C)cc1)c1ccc(-n2cncn2)cc1. The fraction of sp³-hybridized carbons (Fsp3) is 0.174. The first-order valence-corrected chi connectivity index (χ1v) is 11.2. The molecule has 33 heavy (non-hydrogen) atoms. The number of aromatic nitrogens is 5. The largest absolute Gasteiger partial charge is 0.346 e. The van der Waals surface area contributed by atoms with Crippen LogP contribution in [0.25, 0.3) is 5.69 Å². The van der Waals surface area contributed by atoms with Gasteiger partial charge in [0.15, 0.2) is 5.16 Å². The smallest absolute Gasteiger partial charge is 0.251 e. The van der Waals surface area contributed by atoms with E-state index in [1.54, 1.807) is 41.5 Å². The Bertz CT molecular complexity index is 1220. The summed E-state index contributed by atoms with van der Waals surface area (Å²) in [6.07, 6.45) is 6.64. The van der Waals surface area contributed by atoms with Crippen LogP contribution in [0.5, 0.6) is 0 Å². The zero-order valence-corrected chi connectivity index (χ0v) is 19.0. The lowest BCUT2D eigenvalue weighted by Gasteiger charge is -2.15. The van der Waals surface area contributed by atoms with Crippen molar-refractivity contribution >= 4 is 29.3 Å². The molecule has 0 aliphatic heterocycles. The van der Waals surface area contributed by atoms with Gasteiger partial charge in [-0.1, -0.05) is 23.9 Å². The molecule has 4 rings (SSSR count). The number of nitrogens with one attached hydrogen (secondary N) is 2. The van der Waals surface area contributed by atoms with E-state index in [1.165, 1.54) is 18.1 Å². The van der Waals surface area contributed by atoms with Gasteiger partial charge < -0.3 is 15.2 Å². The number of hydrogen-bond donors (Lipinski definition) is 2. The molecule has 168 valence electrons. The maximum absolute atomic E-state index is 12.6. The fourth-order valence-corrected chi connectivity index (χ4v) is 3.88. The van der Waals surface area contributed by atoms with Gasteiger partial charge in [0.2, 0.25) is 5.91 Å². The molecule has 0 saturated heterocycles. The van der Waals surface area contributed by atoms with Gasteiger partial charge in [0.1, 0.15) is 12.7 Å². The second-order valence-corrected chi connectivity index (χ2v) is 8.30. The first-order valence-electron chi connectivity index (χ1n) is 10.3. The maximum atomic E-state index is 12.6. The Labute approximate surface area is 195 Å². The van der Waals surface area contributed by atoms with E-state index in [2.05, 4.69) is 25.7 Å². The molecule has 9 nitrogen and oxygen atoms in total. The Hall–Kier alpha value is -3.92. The molecule has 0 unspecified atom stereocenters. The van der Waals surface area contributed by atoms with E-state index in [0.29, 0.717) is 11.3 Å². The summed E-state index contributed by atoms with van der Waals surface area (Å²) in [5.41, 5.74) is 3.02. The van der Waals surface area contributed by atoms with Gasteiger partial charge in [-0.15, -0.1) is 0 Å². The van der Waals surface area contributed by atoms with Crippen LogP contribution in [0.3, 0.4) is 0 Å². The van der Waals surface area contributed by atoms with E-state index in [4.69, 9.17) is 0 Å². The van der Waals surface area contributed by atoms with Crippen molar-refractivity contribution in [2.45, 2.75) is 18.1 Å². The third kappa shape index (κ3) is 5.66. The zero-order valence-electron chi connectivity index (χ0n) is 18.2. The van der Waals surface area contributed by atoms with E-state index in [-0.39, 0.29) is 23.6 Å². The number of anilines is 1. The Kier molecular flexibility index (Phi) is 6.84. The van der Waals surface area contributed by atoms with Crippen molar-refractivity contribution < 1.29 is 9.59 Å². The number of hydrogen-bond acceptors (Lipinski definition) is 6. The van der Waals surface area contributed by atoms with Crippen molar-refractivity contribution in [3.05, 3.63) is 84.7 Å². The summed E-state index contributed by atoms with van der Waals surface area (Å²) in [6.45, 7) is 1.93. The van der Waals surface area contributed by atoms with E-state index in [0.717, 1.165) is 16.4 Å². The third-order valence-electron chi connectivity index (χ3n) is 4.96. The lowest BCUT2D eigenvalue weighted by atomic mass is 10.1. The summed E-state index contributed by atoms with van der Waals surface area (Å²) in [5.74, 6) is -0.0745. The molecule has 10 heteroatoms. The van der Waals surface area contributed by atoms with Crippen LogP contribution in [0.15, 0.2) is 78.7 Å². The summed E-state index contributed by atoms with van der Waals surface area (Å²) in [4.78, 5) is 33.0. The highest BCUT2D eigenvalue weighted by Gasteiger charge is 2.13. The van der Waals surface area contributed by atoms with Crippen LogP contribution in [-0.4, -0.2) is 41.9 Å². The lowest BCUT2D eigenvalue weighted by Crippen LogP contribution is -2.26. The van der Waals surface area contributed by atoms with Crippen molar-refractivity contribution in [3.63, 3.8) is 0 Å². The van der Waals surface area contributed by atoms with E-state index in [9.17, 15) is 9.59 Å². The van der Waals surface area contributed by atoms with Crippen LogP contribution >= 0.6 is 11.8 Å². The van der Waals surface area contributed by atoms with Gasteiger partial charge in [-0.05, 0) is 48.9 Å². The Morgan fingerprint density at radius 3 is 2.48 bits per heavy atom. The van der Waals surface area contributed by atoms with Crippen molar-refractivity contribution in [2.24, 2.45) is 7.05 Å². The summed E-state index contributed by atoms with van der Waals surface area (Å²) in [5, 5.41) is 10.7. The van der Waals surface area contributed by atoms with E-state index >= 15 is 0 Å². The molecular weight excluding hydrogens is 438 g/mol. The third-order valence-corrected chi connectivity index (χ3v) is 6.02. The number of benzene rings is 2. The maximum Gasteiger partial charge on any atom is 0.251 e. The molecule has 2 aromatic carbocycles. The van der Waals surface area contributed by atoms with Gasteiger partial charge in [-0.2, -0.15) is 5.10 Å². The van der Waals surface area contributed by atoms with Crippen LogP contribution in [0, 0.1) is 0 Å². The Morgan fingerprint density at radius 2 is 1.85 bits per heavy atom. The molecule has 0 spiro atoms. The summed E-state index contributed by atoms with van der Waals surface area (Å²) in [7, 11) is 1.88. The van der Waals surface area contributed by atoms with Gasteiger partial charge in [0.05, 0.1) is 17.5 Å². The monoisotopic (exact) mass is 461 g/mol. The van der Waals surface area contributed by atoms with Crippen LogP contribution < -0.4 is 10.6 Å². The molecule has 2 amide bonds. The molecule has 0 bridgehead atoms. The molecular formula is C23H23N7O2S. The quantitative estimate of drug-likeness (QED) is 0.390. The van der Waals surface area contributed by atoms with Crippen molar-refractivity contribution in [3.8, 4) is 5.69 Å². The number of carbonyl (C=O) groups excluding carboxylic acids is 2. The second-order valence-electron chi connectivity index (χ2n) is 7.36. The number of imidazole rings is 1. The van der Waals surface area contributed by atoms with Crippen LogP contribution in [0.1, 0.15) is 28.9 Å². The van der Waals surface area contributed by atoms with E-state index < -0.39 is 0 Å². The minimum absolute atomic E-state index is 0.136. The highest BCUT2D eigenvalue weighted by atomic mass is 32.2. The van der Waals surface area contributed by atoms with Crippen LogP contribution in [0.4, 0.5) is 5.69 Å². The molecule has 2 aromatic heterocycles. The average Bonchev–Trinajstić information content (AvgIpc) is 3.50. The lowest BCUT2D eigenvalue weighted by molar-refractivity contribution is -0.113. The number of thioether (sulfide) groups is 1. The highest BCUT2D eigenvalue weighted by molar-refractivity contribution is 7.99. The molecule has 0 aliphatic carbocycles. The molecule has 2 N–H and O–H groups in total. The first-order chi connectivity index (χ1) is 16.0. The Balaban J connectivity index is 1.29. The van der Waals surface area contributed by atoms with Gasteiger partial charge in [0, 0.05) is 30.7 Å². The van der Waals surface area contributed by atoms with E-state index in [1.807, 2.05) is 49.0 Å². The van der Waals surface area contributed by atoms with Crippen LogP contribution in [-0.2, 0) is 11.8 Å².